The number of carbonyl (C=O) groups is 1. The molecule has 116 valence electrons. The Morgan fingerprint density at radius 2 is 2.05 bits per heavy atom. The van der Waals surface area contributed by atoms with E-state index >= 15 is 0 Å². The van der Waals surface area contributed by atoms with Crippen LogP contribution in [0.2, 0.25) is 0 Å². The Hall–Kier alpha value is -1.36. The van der Waals surface area contributed by atoms with E-state index in [0.717, 1.165) is 44.1 Å². The standard InChI is InChI=1S/C16H25N3O2/c20-16(6-5-13-3-1-2-4-13)18-14-11-17-19(12-14)15-7-9-21-10-8-15/h11-13,15H,1-10H2,(H,18,20). The summed E-state index contributed by atoms with van der Waals surface area (Å²) in [7, 11) is 0. The van der Waals surface area contributed by atoms with Crippen LogP contribution < -0.4 is 5.32 Å². The Bertz CT molecular complexity index is 460. The van der Waals surface area contributed by atoms with Gasteiger partial charge in [-0.25, -0.2) is 0 Å². The van der Waals surface area contributed by atoms with Gasteiger partial charge in [0.2, 0.25) is 5.91 Å². The fraction of sp³-hybridized carbons (Fsp3) is 0.750. The third-order valence-corrected chi connectivity index (χ3v) is 4.70. The summed E-state index contributed by atoms with van der Waals surface area (Å²) < 4.78 is 7.33. The minimum atomic E-state index is 0.119. The summed E-state index contributed by atoms with van der Waals surface area (Å²) in [4.78, 5) is 12.0. The van der Waals surface area contributed by atoms with Crippen LogP contribution in [0, 0.1) is 5.92 Å². The van der Waals surface area contributed by atoms with Gasteiger partial charge in [0.15, 0.2) is 0 Å². The van der Waals surface area contributed by atoms with Crippen molar-refractivity contribution in [1.29, 1.82) is 0 Å². The van der Waals surface area contributed by atoms with E-state index in [1.54, 1.807) is 6.20 Å². The zero-order chi connectivity index (χ0) is 14.5. The topological polar surface area (TPSA) is 56.2 Å². The van der Waals surface area contributed by atoms with Gasteiger partial charge in [-0.05, 0) is 25.2 Å². The summed E-state index contributed by atoms with van der Waals surface area (Å²) >= 11 is 0. The first-order valence-electron chi connectivity index (χ1n) is 8.23. The van der Waals surface area contributed by atoms with Crippen molar-refractivity contribution in [1.82, 2.24) is 9.78 Å². The minimum Gasteiger partial charge on any atom is -0.381 e. The van der Waals surface area contributed by atoms with Gasteiger partial charge in [-0.3, -0.25) is 9.48 Å². The van der Waals surface area contributed by atoms with Gasteiger partial charge in [0.25, 0.3) is 0 Å². The van der Waals surface area contributed by atoms with Gasteiger partial charge in [0.05, 0.1) is 17.9 Å². The molecule has 21 heavy (non-hydrogen) atoms. The summed E-state index contributed by atoms with van der Waals surface area (Å²) in [6.07, 6.45) is 12.6. The molecule has 0 unspecified atom stereocenters. The van der Waals surface area contributed by atoms with Gasteiger partial charge in [-0.2, -0.15) is 5.10 Å². The van der Waals surface area contributed by atoms with Crippen LogP contribution in [0.25, 0.3) is 0 Å². The number of hydrogen-bond acceptors (Lipinski definition) is 3. The predicted octanol–water partition coefficient (Wildman–Crippen LogP) is 3.14. The molecule has 2 heterocycles. The summed E-state index contributed by atoms with van der Waals surface area (Å²) in [5, 5.41) is 7.35. The number of ether oxygens (including phenoxy) is 1. The van der Waals surface area contributed by atoms with Gasteiger partial charge in [-0.15, -0.1) is 0 Å². The molecule has 1 saturated carbocycles. The normalized spacial score (nSPS) is 20.8. The molecule has 3 rings (SSSR count). The zero-order valence-corrected chi connectivity index (χ0v) is 12.6. The maximum atomic E-state index is 12.0. The number of hydrogen-bond donors (Lipinski definition) is 1. The molecule has 0 aromatic carbocycles. The second-order valence-electron chi connectivity index (χ2n) is 6.29. The van der Waals surface area contributed by atoms with Gasteiger partial charge in [0.1, 0.15) is 0 Å². The molecule has 1 aliphatic carbocycles. The molecule has 0 radical (unpaired) electrons. The quantitative estimate of drug-likeness (QED) is 0.906. The molecule has 5 heteroatoms. The SMILES string of the molecule is O=C(CCC1CCCC1)Nc1cnn(C2CCOCC2)c1. The molecular weight excluding hydrogens is 266 g/mol. The highest BCUT2D eigenvalue weighted by Gasteiger charge is 2.18. The summed E-state index contributed by atoms with van der Waals surface area (Å²) in [6, 6.07) is 0.405. The smallest absolute Gasteiger partial charge is 0.224 e. The summed E-state index contributed by atoms with van der Waals surface area (Å²) in [5.74, 6) is 0.883. The largest absolute Gasteiger partial charge is 0.381 e. The van der Waals surface area contributed by atoms with Crippen LogP contribution in [-0.4, -0.2) is 28.9 Å². The van der Waals surface area contributed by atoms with E-state index in [2.05, 4.69) is 10.4 Å². The van der Waals surface area contributed by atoms with Gasteiger partial charge in [0, 0.05) is 25.8 Å². The van der Waals surface area contributed by atoms with Gasteiger partial charge < -0.3 is 10.1 Å². The van der Waals surface area contributed by atoms with Crippen LogP contribution in [0.5, 0.6) is 0 Å². The zero-order valence-electron chi connectivity index (χ0n) is 12.6. The van der Waals surface area contributed by atoms with Crippen LogP contribution in [0.3, 0.4) is 0 Å². The first kappa shape index (κ1) is 14.6. The second-order valence-corrected chi connectivity index (χ2v) is 6.29. The maximum Gasteiger partial charge on any atom is 0.224 e. The van der Waals surface area contributed by atoms with Crippen molar-refractivity contribution < 1.29 is 9.53 Å². The number of amides is 1. The molecule has 5 nitrogen and oxygen atoms in total. The first-order valence-corrected chi connectivity index (χ1v) is 8.23. The van der Waals surface area contributed by atoms with E-state index in [0.29, 0.717) is 12.5 Å². The van der Waals surface area contributed by atoms with Gasteiger partial charge in [-0.1, -0.05) is 25.7 Å². The van der Waals surface area contributed by atoms with Crippen molar-refractivity contribution in [3.8, 4) is 0 Å². The number of carbonyl (C=O) groups excluding carboxylic acids is 1. The third kappa shape index (κ3) is 4.06. The lowest BCUT2D eigenvalue weighted by Gasteiger charge is -2.22. The average Bonchev–Trinajstić information content (AvgIpc) is 3.17. The highest BCUT2D eigenvalue weighted by molar-refractivity contribution is 5.90. The first-order chi connectivity index (χ1) is 10.3. The Morgan fingerprint density at radius 3 is 2.81 bits per heavy atom. The lowest BCUT2D eigenvalue weighted by molar-refractivity contribution is -0.116. The fourth-order valence-corrected chi connectivity index (χ4v) is 3.41. The molecule has 0 atom stereocenters. The maximum absolute atomic E-state index is 12.0. The van der Waals surface area contributed by atoms with Crippen molar-refractivity contribution in [2.45, 2.75) is 57.4 Å². The van der Waals surface area contributed by atoms with E-state index in [-0.39, 0.29) is 5.91 Å². The summed E-state index contributed by atoms with van der Waals surface area (Å²) in [5.41, 5.74) is 0.818. The molecule has 0 bridgehead atoms. The number of aromatic nitrogens is 2. The van der Waals surface area contributed by atoms with Gasteiger partial charge >= 0.3 is 0 Å². The van der Waals surface area contributed by atoms with Crippen LogP contribution in [-0.2, 0) is 9.53 Å². The number of anilines is 1. The Morgan fingerprint density at radius 1 is 1.29 bits per heavy atom. The monoisotopic (exact) mass is 291 g/mol. The van der Waals surface area contributed by atoms with Crippen molar-refractivity contribution >= 4 is 11.6 Å². The Balaban J connectivity index is 1.45. The van der Waals surface area contributed by atoms with Crippen molar-refractivity contribution in [2.24, 2.45) is 5.92 Å². The van der Waals surface area contributed by atoms with E-state index in [1.165, 1.54) is 25.7 Å². The van der Waals surface area contributed by atoms with Crippen LogP contribution in [0.1, 0.15) is 57.4 Å². The molecule has 2 fully saturated rings. The minimum absolute atomic E-state index is 0.119. The summed E-state index contributed by atoms with van der Waals surface area (Å²) in [6.45, 7) is 1.60. The third-order valence-electron chi connectivity index (χ3n) is 4.70. The highest BCUT2D eigenvalue weighted by atomic mass is 16.5. The molecule has 2 aliphatic rings. The Kier molecular flexibility index (Phi) is 4.91. The van der Waals surface area contributed by atoms with E-state index in [4.69, 9.17) is 4.74 Å². The van der Waals surface area contributed by atoms with Crippen molar-refractivity contribution in [3.63, 3.8) is 0 Å². The molecular formula is C16H25N3O2. The fourth-order valence-electron chi connectivity index (χ4n) is 3.41. The molecule has 1 saturated heterocycles. The van der Waals surface area contributed by atoms with Crippen molar-refractivity contribution in [3.05, 3.63) is 12.4 Å². The number of nitrogens with one attached hydrogen (secondary N) is 1. The number of nitrogens with zero attached hydrogens (tertiary/aromatic N) is 2. The van der Waals surface area contributed by atoms with Crippen LogP contribution in [0.15, 0.2) is 12.4 Å². The lowest BCUT2D eigenvalue weighted by Crippen LogP contribution is -2.19. The van der Waals surface area contributed by atoms with Crippen LogP contribution >= 0.6 is 0 Å². The lowest BCUT2D eigenvalue weighted by atomic mass is 10.0. The predicted molar refractivity (Wildman–Crippen MR) is 81.1 cm³/mol. The average molecular weight is 291 g/mol. The molecule has 1 aromatic rings. The molecule has 1 amide bonds. The molecule has 0 spiro atoms. The van der Waals surface area contributed by atoms with Crippen molar-refractivity contribution in [2.75, 3.05) is 18.5 Å². The second kappa shape index (κ2) is 7.07. The van der Waals surface area contributed by atoms with E-state index in [9.17, 15) is 4.79 Å². The number of rotatable bonds is 5. The molecule has 1 aromatic heterocycles. The van der Waals surface area contributed by atoms with E-state index < -0.39 is 0 Å². The highest BCUT2D eigenvalue weighted by Crippen LogP contribution is 2.28. The Labute approximate surface area is 126 Å². The van der Waals surface area contributed by atoms with Crippen LogP contribution in [0.4, 0.5) is 5.69 Å². The molecule has 1 aliphatic heterocycles. The van der Waals surface area contributed by atoms with E-state index in [1.807, 2.05) is 10.9 Å². The molecule has 1 N–H and O–H groups in total.